The van der Waals surface area contributed by atoms with E-state index in [1.807, 2.05) is 0 Å². The molecule has 0 aliphatic carbocycles. The summed E-state index contributed by atoms with van der Waals surface area (Å²) in [6, 6.07) is 1.55. The van der Waals surface area contributed by atoms with E-state index in [0.717, 1.165) is 11.8 Å². The molecule has 1 fully saturated rings. The Morgan fingerprint density at radius 2 is 1.81 bits per heavy atom. The monoisotopic (exact) mass is 316 g/mol. The Hall–Kier alpha value is -1.58. The largest absolute Gasteiger partial charge is 0.481 e. The SMILES string of the molecule is COC(=O)CC1(Sc2nc(OC)cc(OC)n2)OCCO1. The second kappa shape index (κ2) is 6.92. The van der Waals surface area contributed by atoms with Gasteiger partial charge in [-0.05, 0) is 11.8 Å². The quantitative estimate of drug-likeness (QED) is 0.559. The molecule has 0 atom stereocenters. The molecule has 1 aromatic rings. The number of aromatic nitrogens is 2. The van der Waals surface area contributed by atoms with Gasteiger partial charge in [-0.3, -0.25) is 4.79 Å². The van der Waals surface area contributed by atoms with Crippen LogP contribution in [-0.2, 0) is 19.0 Å². The molecule has 1 aliphatic heterocycles. The molecule has 21 heavy (non-hydrogen) atoms. The molecule has 0 bridgehead atoms. The van der Waals surface area contributed by atoms with Gasteiger partial charge in [0.1, 0.15) is 6.42 Å². The van der Waals surface area contributed by atoms with Crippen molar-refractivity contribution in [3.05, 3.63) is 6.07 Å². The second-order valence-electron chi connectivity index (χ2n) is 3.97. The van der Waals surface area contributed by atoms with Crippen LogP contribution in [0.5, 0.6) is 11.8 Å². The Labute approximate surface area is 126 Å². The Bertz CT molecular complexity index is 484. The van der Waals surface area contributed by atoms with E-state index in [0.29, 0.717) is 30.1 Å². The maximum absolute atomic E-state index is 11.5. The highest BCUT2D eigenvalue weighted by atomic mass is 32.2. The van der Waals surface area contributed by atoms with Crippen molar-refractivity contribution in [3.63, 3.8) is 0 Å². The molecule has 0 spiro atoms. The summed E-state index contributed by atoms with van der Waals surface area (Å²) >= 11 is 1.07. The van der Waals surface area contributed by atoms with Crippen molar-refractivity contribution in [3.8, 4) is 11.8 Å². The van der Waals surface area contributed by atoms with Crippen molar-refractivity contribution in [2.75, 3.05) is 34.5 Å². The topological polar surface area (TPSA) is 89.0 Å². The summed E-state index contributed by atoms with van der Waals surface area (Å²) in [5.74, 6) is 0.241. The molecule has 1 saturated heterocycles. The van der Waals surface area contributed by atoms with Crippen LogP contribution < -0.4 is 9.47 Å². The van der Waals surface area contributed by atoms with Crippen LogP contribution in [0.1, 0.15) is 6.42 Å². The fourth-order valence-corrected chi connectivity index (χ4v) is 2.68. The summed E-state index contributed by atoms with van der Waals surface area (Å²) in [5.41, 5.74) is 0. The number of carbonyl (C=O) groups excluding carboxylic acids is 1. The number of rotatable bonds is 6. The maximum atomic E-state index is 11.5. The zero-order valence-corrected chi connectivity index (χ0v) is 12.8. The third-order valence-corrected chi connectivity index (χ3v) is 3.70. The molecule has 116 valence electrons. The highest BCUT2D eigenvalue weighted by molar-refractivity contribution is 8.00. The van der Waals surface area contributed by atoms with E-state index in [4.69, 9.17) is 18.9 Å². The summed E-state index contributed by atoms with van der Waals surface area (Å²) < 4.78 is 25.9. The predicted octanol–water partition coefficient (Wildman–Crippen LogP) is 0.850. The lowest BCUT2D eigenvalue weighted by molar-refractivity contribution is -0.153. The van der Waals surface area contributed by atoms with E-state index < -0.39 is 11.1 Å². The number of thioether (sulfide) groups is 1. The number of hydrogen-bond acceptors (Lipinski definition) is 9. The first kappa shape index (κ1) is 15.8. The van der Waals surface area contributed by atoms with Gasteiger partial charge < -0.3 is 23.7 Å². The van der Waals surface area contributed by atoms with Crippen LogP contribution in [0.3, 0.4) is 0 Å². The lowest BCUT2D eigenvalue weighted by atomic mass is 10.4. The third-order valence-electron chi connectivity index (χ3n) is 2.64. The maximum Gasteiger partial charge on any atom is 0.311 e. The highest BCUT2D eigenvalue weighted by Crippen LogP contribution is 2.40. The van der Waals surface area contributed by atoms with E-state index in [1.165, 1.54) is 21.3 Å². The normalized spacial score (nSPS) is 16.5. The molecule has 8 nitrogen and oxygen atoms in total. The van der Waals surface area contributed by atoms with Gasteiger partial charge in [-0.2, -0.15) is 9.97 Å². The molecule has 0 aromatic carbocycles. The average Bonchev–Trinajstić information content (AvgIpc) is 2.94. The summed E-state index contributed by atoms with van der Waals surface area (Å²) in [6.07, 6.45) is -0.0724. The summed E-state index contributed by atoms with van der Waals surface area (Å²) in [6.45, 7) is 0.760. The molecule has 2 heterocycles. The lowest BCUT2D eigenvalue weighted by Crippen LogP contribution is -2.30. The molecule has 0 saturated carbocycles. The molecular weight excluding hydrogens is 300 g/mol. The molecular formula is C12H16N2O6S. The predicted molar refractivity (Wildman–Crippen MR) is 72.3 cm³/mol. The van der Waals surface area contributed by atoms with Gasteiger partial charge in [0.15, 0.2) is 5.16 Å². The van der Waals surface area contributed by atoms with Crippen LogP contribution in [0, 0.1) is 0 Å². The first-order valence-corrected chi connectivity index (χ1v) is 6.93. The Balaban J connectivity index is 2.22. The highest BCUT2D eigenvalue weighted by Gasteiger charge is 2.42. The zero-order valence-electron chi connectivity index (χ0n) is 12.0. The average molecular weight is 316 g/mol. The van der Waals surface area contributed by atoms with Crippen LogP contribution in [0.25, 0.3) is 0 Å². The second-order valence-corrected chi connectivity index (χ2v) is 5.16. The lowest BCUT2D eigenvalue weighted by Gasteiger charge is -2.24. The number of methoxy groups -OCH3 is 3. The van der Waals surface area contributed by atoms with Crippen LogP contribution in [0.2, 0.25) is 0 Å². The van der Waals surface area contributed by atoms with Crippen molar-refractivity contribution in [1.82, 2.24) is 9.97 Å². The van der Waals surface area contributed by atoms with E-state index in [-0.39, 0.29) is 6.42 Å². The number of ether oxygens (including phenoxy) is 5. The Kier molecular flexibility index (Phi) is 5.21. The van der Waals surface area contributed by atoms with Crippen molar-refractivity contribution < 1.29 is 28.5 Å². The number of nitrogens with zero attached hydrogens (tertiary/aromatic N) is 2. The van der Waals surface area contributed by atoms with Crippen molar-refractivity contribution in [1.29, 1.82) is 0 Å². The van der Waals surface area contributed by atoms with Crippen molar-refractivity contribution >= 4 is 17.7 Å². The van der Waals surface area contributed by atoms with Gasteiger partial charge in [-0.25, -0.2) is 0 Å². The van der Waals surface area contributed by atoms with Crippen LogP contribution in [-0.4, -0.2) is 55.6 Å². The smallest absolute Gasteiger partial charge is 0.311 e. The van der Waals surface area contributed by atoms with Crippen molar-refractivity contribution in [2.45, 2.75) is 16.7 Å². The van der Waals surface area contributed by atoms with E-state index in [1.54, 1.807) is 6.07 Å². The molecule has 0 unspecified atom stereocenters. The van der Waals surface area contributed by atoms with Crippen LogP contribution >= 0.6 is 11.8 Å². The van der Waals surface area contributed by atoms with Gasteiger partial charge in [0.05, 0.1) is 40.6 Å². The molecule has 2 rings (SSSR count). The molecule has 1 aromatic heterocycles. The minimum absolute atomic E-state index is 0.0724. The first-order valence-electron chi connectivity index (χ1n) is 6.11. The third kappa shape index (κ3) is 3.96. The number of esters is 1. The molecule has 0 amide bonds. The molecule has 1 aliphatic rings. The Morgan fingerprint density at radius 1 is 1.24 bits per heavy atom. The van der Waals surface area contributed by atoms with Gasteiger partial charge >= 0.3 is 5.97 Å². The Morgan fingerprint density at radius 3 is 2.29 bits per heavy atom. The summed E-state index contributed by atoms with van der Waals surface area (Å²) in [7, 11) is 4.28. The number of carbonyl (C=O) groups is 1. The van der Waals surface area contributed by atoms with E-state index in [9.17, 15) is 4.79 Å². The van der Waals surface area contributed by atoms with Gasteiger partial charge in [0.25, 0.3) is 0 Å². The first-order chi connectivity index (χ1) is 10.1. The molecule has 0 radical (unpaired) electrons. The van der Waals surface area contributed by atoms with Gasteiger partial charge in [-0.1, -0.05) is 0 Å². The summed E-state index contributed by atoms with van der Waals surface area (Å²) in [5, 5.41) is -0.873. The fourth-order valence-electron chi connectivity index (χ4n) is 1.66. The van der Waals surface area contributed by atoms with Crippen LogP contribution in [0.4, 0.5) is 0 Å². The minimum Gasteiger partial charge on any atom is -0.481 e. The van der Waals surface area contributed by atoms with Gasteiger partial charge in [-0.15, -0.1) is 0 Å². The molecule has 0 N–H and O–H groups in total. The van der Waals surface area contributed by atoms with E-state index in [2.05, 4.69) is 14.7 Å². The van der Waals surface area contributed by atoms with Gasteiger partial charge in [0.2, 0.25) is 16.9 Å². The van der Waals surface area contributed by atoms with Crippen LogP contribution in [0.15, 0.2) is 11.2 Å². The van der Waals surface area contributed by atoms with Gasteiger partial charge in [0, 0.05) is 0 Å². The van der Waals surface area contributed by atoms with Crippen molar-refractivity contribution in [2.24, 2.45) is 0 Å². The molecule has 9 heteroatoms. The summed E-state index contributed by atoms with van der Waals surface area (Å²) in [4.78, 5) is 19.9. The standard InChI is InChI=1S/C12H16N2O6S/c1-16-8-6-9(17-2)14-11(13-8)21-12(7-10(15)18-3)19-4-5-20-12/h6H,4-5,7H2,1-3H3. The minimum atomic E-state index is -1.19. The zero-order chi connectivity index (χ0) is 15.3. The number of hydrogen-bond donors (Lipinski definition) is 0. The fraction of sp³-hybridized carbons (Fsp3) is 0.583. The van der Waals surface area contributed by atoms with E-state index >= 15 is 0 Å².